The number of aromatic nitrogens is 2. The van der Waals surface area contributed by atoms with E-state index >= 15 is 0 Å². The lowest BCUT2D eigenvalue weighted by molar-refractivity contribution is 0.0954. The van der Waals surface area contributed by atoms with Crippen LogP contribution in [0.15, 0.2) is 30.5 Å². The number of hydrogen-bond donors (Lipinski definition) is 2. The average Bonchev–Trinajstić information content (AvgIpc) is 2.90. The molecule has 0 unspecified atom stereocenters. The van der Waals surface area contributed by atoms with Gasteiger partial charge in [0.15, 0.2) is 0 Å². The Morgan fingerprint density at radius 1 is 1.29 bits per heavy atom. The van der Waals surface area contributed by atoms with E-state index in [1.807, 2.05) is 38.1 Å². The second kappa shape index (κ2) is 5.02. The Kier molecular flexibility index (Phi) is 3.31. The minimum atomic E-state index is -1.71. The molecule has 108 valence electrons. The Labute approximate surface area is 122 Å². The summed E-state index contributed by atoms with van der Waals surface area (Å²) in [6.45, 7) is 4.43. The van der Waals surface area contributed by atoms with E-state index in [4.69, 9.17) is 0 Å². The summed E-state index contributed by atoms with van der Waals surface area (Å²) in [5.74, 6) is -0.266. The highest BCUT2D eigenvalue weighted by Crippen LogP contribution is 2.25. The minimum Gasteiger partial charge on any atom is -0.423 e. The molecule has 2 N–H and O–H groups in total. The van der Waals surface area contributed by atoms with Gasteiger partial charge in [0.25, 0.3) is 5.91 Å². The predicted octanol–water partition coefficient (Wildman–Crippen LogP) is 0.0927. The highest BCUT2D eigenvalue weighted by atomic mass is 16.4. The largest absolute Gasteiger partial charge is 0.492 e. The molecule has 1 aliphatic heterocycles. The SMILES string of the molecule is Cc1ccc(N2C[C@H](C)n3ncc(B(O)O)c3C2=O)cc1. The van der Waals surface area contributed by atoms with Gasteiger partial charge in [-0.05, 0) is 26.0 Å². The summed E-state index contributed by atoms with van der Waals surface area (Å²) >= 11 is 0. The molecule has 0 spiro atoms. The maximum Gasteiger partial charge on any atom is 0.492 e. The van der Waals surface area contributed by atoms with E-state index in [1.165, 1.54) is 6.20 Å². The molecule has 0 radical (unpaired) electrons. The van der Waals surface area contributed by atoms with E-state index in [1.54, 1.807) is 9.58 Å². The number of carbonyl (C=O) groups is 1. The lowest BCUT2D eigenvalue weighted by Crippen LogP contribution is -2.47. The third-order valence-corrected chi connectivity index (χ3v) is 3.76. The monoisotopic (exact) mass is 285 g/mol. The van der Waals surface area contributed by atoms with E-state index in [2.05, 4.69) is 5.10 Å². The first kappa shape index (κ1) is 13.8. The summed E-state index contributed by atoms with van der Waals surface area (Å²) in [6, 6.07) is 7.64. The van der Waals surface area contributed by atoms with Crippen molar-refractivity contribution in [3.05, 3.63) is 41.7 Å². The Bertz CT molecular complexity index is 668. The summed E-state index contributed by atoms with van der Waals surface area (Å²) < 4.78 is 1.56. The van der Waals surface area contributed by atoms with E-state index in [0.29, 0.717) is 6.54 Å². The van der Waals surface area contributed by atoms with Crippen LogP contribution in [-0.4, -0.2) is 39.4 Å². The zero-order chi connectivity index (χ0) is 15.1. The molecule has 1 aliphatic rings. The van der Waals surface area contributed by atoms with E-state index < -0.39 is 7.12 Å². The van der Waals surface area contributed by atoms with Crippen molar-refractivity contribution in [3.8, 4) is 0 Å². The molecule has 0 aliphatic carbocycles. The molecule has 1 atom stereocenters. The maximum absolute atomic E-state index is 12.7. The van der Waals surface area contributed by atoms with Crippen molar-refractivity contribution >= 4 is 24.2 Å². The molecule has 1 aromatic heterocycles. The number of rotatable bonds is 2. The van der Waals surface area contributed by atoms with Gasteiger partial charge >= 0.3 is 7.12 Å². The molecule has 0 saturated carbocycles. The summed E-state index contributed by atoms with van der Waals surface area (Å²) in [7, 11) is -1.71. The summed E-state index contributed by atoms with van der Waals surface area (Å²) in [5, 5.41) is 22.9. The Morgan fingerprint density at radius 3 is 2.57 bits per heavy atom. The Morgan fingerprint density at radius 2 is 1.95 bits per heavy atom. The molecule has 3 rings (SSSR count). The molecule has 1 amide bonds. The highest BCUT2D eigenvalue weighted by molar-refractivity contribution is 6.60. The van der Waals surface area contributed by atoms with Gasteiger partial charge < -0.3 is 14.9 Å². The molecular formula is C14H16BN3O3. The van der Waals surface area contributed by atoms with Gasteiger partial charge in [0, 0.05) is 23.9 Å². The zero-order valence-electron chi connectivity index (χ0n) is 11.9. The molecule has 7 heteroatoms. The van der Waals surface area contributed by atoms with Crippen molar-refractivity contribution in [2.24, 2.45) is 0 Å². The zero-order valence-corrected chi connectivity index (χ0v) is 11.9. The second-order valence-electron chi connectivity index (χ2n) is 5.37. The van der Waals surface area contributed by atoms with Gasteiger partial charge in [0.1, 0.15) is 5.69 Å². The van der Waals surface area contributed by atoms with Crippen LogP contribution in [0, 0.1) is 6.92 Å². The molecule has 0 fully saturated rings. The number of benzene rings is 1. The average molecular weight is 285 g/mol. The van der Waals surface area contributed by atoms with Crippen molar-refractivity contribution < 1.29 is 14.8 Å². The van der Waals surface area contributed by atoms with Crippen molar-refractivity contribution in [2.45, 2.75) is 19.9 Å². The van der Waals surface area contributed by atoms with Gasteiger partial charge in [-0.1, -0.05) is 17.7 Å². The van der Waals surface area contributed by atoms with Crippen LogP contribution in [0.1, 0.15) is 29.0 Å². The van der Waals surface area contributed by atoms with Gasteiger partial charge in [-0.3, -0.25) is 9.48 Å². The number of amides is 1. The van der Waals surface area contributed by atoms with Crippen LogP contribution < -0.4 is 10.4 Å². The summed E-state index contributed by atoms with van der Waals surface area (Å²) in [5.41, 5.74) is 2.30. The third-order valence-electron chi connectivity index (χ3n) is 3.76. The lowest BCUT2D eigenvalue weighted by atomic mass is 9.80. The first-order chi connectivity index (χ1) is 9.99. The van der Waals surface area contributed by atoms with Gasteiger partial charge in [0.2, 0.25) is 0 Å². The van der Waals surface area contributed by atoms with Crippen molar-refractivity contribution in [1.29, 1.82) is 0 Å². The van der Waals surface area contributed by atoms with Crippen molar-refractivity contribution in [2.75, 3.05) is 11.4 Å². The molecule has 0 bridgehead atoms. The van der Waals surface area contributed by atoms with E-state index in [-0.39, 0.29) is 23.1 Å². The number of hydrogen-bond acceptors (Lipinski definition) is 4. The lowest BCUT2D eigenvalue weighted by Gasteiger charge is -2.32. The molecule has 1 aromatic carbocycles. The molecule has 2 heterocycles. The summed E-state index contributed by atoms with van der Waals surface area (Å²) in [4.78, 5) is 14.3. The van der Waals surface area contributed by atoms with Crippen LogP contribution in [-0.2, 0) is 0 Å². The predicted molar refractivity (Wildman–Crippen MR) is 79.6 cm³/mol. The van der Waals surface area contributed by atoms with Crippen molar-refractivity contribution in [3.63, 3.8) is 0 Å². The number of nitrogens with zero attached hydrogens (tertiary/aromatic N) is 3. The number of carbonyl (C=O) groups excluding carboxylic acids is 1. The van der Waals surface area contributed by atoms with Gasteiger partial charge in [-0.2, -0.15) is 5.10 Å². The third kappa shape index (κ3) is 2.24. The molecular weight excluding hydrogens is 269 g/mol. The molecule has 6 nitrogen and oxygen atoms in total. The Balaban J connectivity index is 2.05. The number of aryl methyl sites for hydroxylation is 1. The first-order valence-electron chi connectivity index (χ1n) is 6.81. The fourth-order valence-corrected chi connectivity index (χ4v) is 2.62. The highest BCUT2D eigenvalue weighted by Gasteiger charge is 2.35. The standard InChI is InChI=1S/C14H16BN3O3/c1-9-3-5-11(6-4-9)17-8-10(2)18-13(14(17)19)12(7-16-18)15(20)21/h3-7,10,20-21H,8H2,1-2H3/t10-/m0/s1. The van der Waals surface area contributed by atoms with E-state index in [9.17, 15) is 14.8 Å². The first-order valence-corrected chi connectivity index (χ1v) is 6.81. The van der Waals surface area contributed by atoms with Crippen LogP contribution in [0.25, 0.3) is 0 Å². The summed E-state index contributed by atoms with van der Waals surface area (Å²) in [6.07, 6.45) is 1.34. The van der Waals surface area contributed by atoms with E-state index in [0.717, 1.165) is 11.3 Å². The smallest absolute Gasteiger partial charge is 0.423 e. The Hall–Kier alpha value is -2.12. The van der Waals surface area contributed by atoms with Gasteiger partial charge in [0.05, 0.1) is 6.04 Å². The molecule has 2 aromatic rings. The van der Waals surface area contributed by atoms with Gasteiger partial charge in [-0.15, -0.1) is 0 Å². The van der Waals surface area contributed by atoms with Crippen LogP contribution in [0.2, 0.25) is 0 Å². The maximum atomic E-state index is 12.7. The van der Waals surface area contributed by atoms with Crippen LogP contribution in [0.5, 0.6) is 0 Å². The topological polar surface area (TPSA) is 78.6 Å². The fourth-order valence-electron chi connectivity index (χ4n) is 2.62. The fraction of sp³-hybridized carbons (Fsp3) is 0.286. The number of fused-ring (bicyclic) bond motifs is 1. The quantitative estimate of drug-likeness (QED) is 0.767. The van der Waals surface area contributed by atoms with Gasteiger partial charge in [-0.25, -0.2) is 0 Å². The number of anilines is 1. The van der Waals surface area contributed by atoms with Crippen LogP contribution in [0.4, 0.5) is 5.69 Å². The molecule has 0 saturated heterocycles. The molecule has 21 heavy (non-hydrogen) atoms. The van der Waals surface area contributed by atoms with Crippen LogP contribution >= 0.6 is 0 Å². The minimum absolute atomic E-state index is 0.0356. The second-order valence-corrected chi connectivity index (χ2v) is 5.37. The normalized spacial score (nSPS) is 17.8. The van der Waals surface area contributed by atoms with Crippen molar-refractivity contribution in [1.82, 2.24) is 9.78 Å². The van der Waals surface area contributed by atoms with Crippen LogP contribution in [0.3, 0.4) is 0 Å².